The number of ether oxygens (including phenoxy) is 1. The van der Waals surface area contributed by atoms with Crippen molar-refractivity contribution in [3.63, 3.8) is 0 Å². The lowest BCUT2D eigenvalue weighted by molar-refractivity contribution is -0.165. The highest BCUT2D eigenvalue weighted by molar-refractivity contribution is 5.78. The molecule has 1 N–H and O–H groups in total. The van der Waals surface area contributed by atoms with Crippen LogP contribution in [-0.2, 0) is 9.53 Å². The summed E-state index contributed by atoms with van der Waals surface area (Å²) < 4.78 is 5.08. The highest BCUT2D eigenvalue weighted by Gasteiger charge is 2.28. The molecule has 0 aliphatic carbocycles. The van der Waals surface area contributed by atoms with E-state index < -0.39 is 11.6 Å². The molecule has 0 atom stereocenters. The Morgan fingerprint density at radius 1 is 1.27 bits per heavy atom. The minimum absolute atomic E-state index is 0.00306. The van der Waals surface area contributed by atoms with Crippen molar-refractivity contribution in [3.05, 3.63) is 0 Å². The maximum Gasteiger partial charge on any atom is 0.337 e. The summed E-state index contributed by atoms with van der Waals surface area (Å²) in [5, 5.41) is 9.38. The predicted molar refractivity (Wildman–Crippen MR) is 60.6 cm³/mol. The summed E-state index contributed by atoms with van der Waals surface area (Å²) in [5.74, 6) is -0.549. The number of carbonyl (C=O) groups is 1. The highest BCUT2D eigenvalue weighted by Crippen LogP contribution is 2.24. The minimum Gasteiger partial charge on any atom is -0.463 e. The summed E-state index contributed by atoms with van der Waals surface area (Å²) in [6.45, 7) is 9.53. The standard InChI is InChI=1S/C12H24O3/c1-6-7-8-11(2,3)9-15-10(13)12(4,5)14/h14H,6-9H2,1-5H3. The molecular formula is C12H24O3. The molecule has 15 heavy (non-hydrogen) atoms. The first-order valence-corrected chi connectivity index (χ1v) is 5.58. The Labute approximate surface area is 92.8 Å². The van der Waals surface area contributed by atoms with Crippen LogP contribution in [0.1, 0.15) is 53.9 Å². The van der Waals surface area contributed by atoms with Crippen LogP contribution >= 0.6 is 0 Å². The van der Waals surface area contributed by atoms with E-state index in [2.05, 4.69) is 20.8 Å². The first-order chi connectivity index (χ1) is 6.69. The van der Waals surface area contributed by atoms with Gasteiger partial charge in [0.05, 0.1) is 6.61 Å². The van der Waals surface area contributed by atoms with Gasteiger partial charge < -0.3 is 9.84 Å². The van der Waals surface area contributed by atoms with E-state index in [0.29, 0.717) is 6.61 Å². The highest BCUT2D eigenvalue weighted by atomic mass is 16.5. The minimum atomic E-state index is -1.39. The fourth-order valence-electron chi connectivity index (χ4n) is 1.17. The van der Waals surface area contributed by atoms with Gasteiger partial charge in [0.15, 0.2) is 5.60 Å². The van der Waals surface area contributed by atoms with Gasteiger partial charge in [0.25, 0.3) is 0 Å². The number of esters is 1. The lowest BCUT2D eigenvalue weighted by Crippen LogP contribution is -2.35. The molecule has 0 unspecified atom stereocenters. The molecule has 0 bridgehead atoms. The van der Waals surface area contributed by atoms with E-state index in [0.717, 1.165) is 19.3 Å². The predicted octanol–water partition coefficient (Wildman–Crippen LogP) is 2.52. The maximum absolute atomic E-state index is 11.3. The van der Waals surface area contributed by atoms with Crippen molar-refractivity contribution in [2.45, 2.75) is 59.5 Å². The first-order valence-electron chi connectivity index (χ1n) is 5.58. The molecule has 0 aromatic rings. The fourth-order valence-corrected chi connectivity index (χ4v) is 1.17. The molecule has 0 amide bonds. The van der Waals surface area contributed by atoms with Gasteiger partial charge in [0.2, 0.25) is 0 Å². The maximum atomic E-state index is 11.3. The second kappa shape index (κ2) is 5.50. The molecule has 0 saturated carbocycles. The number of hydrogen-bond donors (Lipinski definition) is 1. The summed E-state index contributed by atoms with van der Waals surface area (Å²) in [7, 11) is 0. The van der Waals surface area contributed by atoms with E-state index in [9.17, 15) is 9.90 Å². The Hall–Kier alpha value is -0.570. The van der Waals surface area contributed by atoms with Gasteiger partial charge >= 0.3 is 5.97 Å². The first kappa shape index (κ1) is 14.4. The summed E-state index contributed by atoms with van der Waals surface area (Å²) in [4.78, 5) is 11.3. The average Bonchev–Trinajstić information content (AvgIpc) is 2.09. The SMILES string of the molecule is CCCCC(C)(C)COC(=O)C(C)(C)O. The number of unbranched alkanes of at least 4 members (excludes halogenated alkanes) is 1. The summed E-state index contributed by atoms with van der Waals surface area (Å²) in [6.07, 6.45) is 3.30. The fraction of sp³-hybridized carbons (Fsp3) is 0.917. The van der Waals surface area contributed by atoms with E-state index in [1.807, 2.05) is 0 Å². The Kier molecular flexibility index (Phi) is 5.29. The molecular weight excluding hydrogens is 192 g/mol. The van der Waals surface area contributed by atoms with Gasteiger partial charge in [-0.3, -0.25) is 0 Å². The molecule has 0 aromatic heterocycles. The third-order valence-corrected chi connectivity index (χ3v) is 2.30. The summed E-state index contributed by atoms with van der Waals surface area (Å²) >= 11 is 0. The largest absolute Gasteiger partial charge is 0.463 e. The van der Waals surface area contributed by atoms with Gasteiger partial charge in [-0.1, -0.05) is 33.6 Å². The molecule has 0 aromatic carbocycles. The average molecular weight is 216 g/mol. The van der Waals surface area contributed by atoms with Gasteiger partial charge in [-0.2, -0.15) is 0 Å². The monoisotopic (exact) mass is 216 g/mol. The molecule has 0 saturated heterocycles. The third kappa shape index (κ3) is 6.50. The topological polar surface area (TPSA) is 46.5 Å². The van der Waals surface area contributed by atoms with Crippen molar-refractivity contribution >= 4 is 5.97 Å². The second-order valence-corrected chi connectivity index (χ2v) is 5.40. The van der Waals surface area contributed by atoms with Crippen molar-refractivity contribution in [3.8, 4) is 0 Å². The molecule has 0 radical (unpaired) electrons. The van der Waals surface area contributed by atoms with Crippen molar-refractivity contribution in [1.82, 2.24) is 0 Å². The zero-order chi connectivity index (χ0) is 12.1. The van der Waals surface area contributed by atoms with Crippen LogP contribution in [0.25, 0.3) is 0 Å². The van der Waals surface area contributed by atoms with Gasteiger partial charge in [-0.25, -0.2) is 4.79 Å². The lowest BCUT2D eigenvalue weighted by Gasteiger charge is -2.25. The van der Waals surface area contributed by atoms with Crippen LogP contribution in [0.3, 0.4) is 0 Å². The molecule has 0 aliphatic rings. The van der Waals surface area contributed by atoms with E-state index in [-0.39, 0.29) is 5.41 Å². The molecule has 0 fully saturated rings. The second-order valence-electron chi connectivity index (χ2n) is 5.40. The van der Waals surface area contributed by atoms with Gasteiger partial charge in [-0.15, -0.1) is 0 Å². The zero-order valence-corrected chi connectivity index (χ0v) is 10.6. The molecule has 0 heterocycles. The van der Waals surface area contributed by atoms with E-state index in [1.54, 1.807) is 0 Å². The molecule has 90 valence electrons. The Morgan fingerprint density at radius 3 is 2.20 bits per heavy atom. The van der Waals surface area contributed by atoms with E-state index in [4.69, 9.17) is 4.74 Å². The van der Waals surface area contributed by atoms with Gasteiger partial charge in [0, 0.05) is 0 Å². The normalized spacial score (nSPS) is 12.7. The molecule has 0 spiro atoms. The van der Waals surface area contributed by atoms with Crippen LogP contribution in [0, 0.1) is 5.41 Å². The van der Waals surface area contributed by atoms with Crippen LogP contribution in [0.5, 0.6) is 0 Å². The Morgan fingerprint density at radius 2 is 1.80 bits per heavy atom. The number of hydrogen-bond acceptors (Lipinski definition) is 3. The smallest absolute Gasteiger partial charge is 0.337 e. The van der Waals surface area contributed by atoms with Crippen LogP contribution in [0.15, 0.2) is 0 Å². The number of carbonyl (C=O) groups excluding carboxylic acids is 1. The van der Waals surface area contributed by atoms with Gasteiger partial charge in [0.1, 0.15) is 0 Å². The van der Waals surface area contributed by atoms with Crippen LogP contribution in [0.2, 0.25) is 0 Å². The molecule has 0 aliphatic heterocycles. The van der Waals surface area contributed by atoms with E-state index >= 15 is 0 Å². The van der Waals surface area contributed by atoms with Gasteiger partial charge in [-0.05, 0) is 25.7 Å². The quantitative estimate of drug-likeness (QED) is 0.694. The van der Waals surface area contributed by atoms with Crippen LogP contribution in [0.4, 0.5) is 0 Å². The molecule has 3 nitrogen and oxygen atoms in total. The Balaban J connectivity index is 3.98. The number of aliphatic hydroxyl groups is 1. The van der Waals surface area contributed by atoms with Crippen molar-refractivity contribution in [2.75, 3.05) is 6.61 Å². The lowest BCUT2D eigenvalue weighted by atomic mass is 9.88. The van der Waals surface area contributed by atoms with Crippen molar-refractivity contribution < 1.29 is 14.6 Å². The summed E-state index contributed by atoms with van der Waals surface area (Å²) in [6, 6.07) is 0. The molecule has 0 rings (SSSR count). The Bertz CT molecular complexity index is 201. The zero-order valence-electron chi connectivity index (χ0n) is 10.6. The molecule has 3 heteroatoms. The van der Waals surface area contributed by atoms with Crippen molar-refractivity contribution in [2.24, 2.45) is 5.41 Å². The van der Waals surface area contributed by atoms with E-state index in [1.165, 1.54) is 13.8 Å². The van der Waals surface area contributed by atoms with Crippen LogP contribution in [-0.4, -0.2) is 23.3 Å². The van der Waals surface area contributed by atoms with Crippen molar-refractivity contribution in [1.29, 1.82) is 0 Å². The summed E-state index contributed by atoms with van der Waals surface area (Å²) in [5.41, 5.74) is -1.39. The van der Waals surface area contributed by atoms with Crippen LogP contribution < -0.4 is 0 Å². The number of rotatable bonds is 6. The third-order valence-electron chi connectivity index (χ3n) is 2.30.